The second-order valence-corrected chi connectivity index (χ2v) is 2.70. The molecule has 0 atom stereocenters. The van der Waals surface area contributed by atoms with Gasteiger partial charge in [-0.25, -0.2) is 0 Å². The molecule has 0 aromatic carbocycles. The van der Waals surface area contributed by atoms with Crippen LogP contribution in [-0.4, -0.2) is 11.7 Å². The van der Waals surface area contributed by atoms with Gasteiger partial charge in [-0.3, -0.25) is 0 Å². The minimum atomic E-state index is -0.123. The van der Waals surface area contributed by atoms with Crippen molar-refractivity contribution in [2.45, 2.75) is 33.1 Å². The van der Waals surface area contributed by atoms with Crippen LogP contribution in [0.15, 0.2) is 11.0 Å². The lowest BCUT2D eigenvalue weighted by Gasteiger charge is -2.03. The van der Waals surface area contributed by atoms with Gasteiger partial charge in [-0.2, -0.15) is 0 Å². The highest BCUT2D eigenvalue weighted by atomic mass is 35.5. The molecule has 0 spiro atoms. The summed E-state index contributed by atoms with van der Waals surface area (Å²) < 4.78 is 4.80. The summed E-state index contributed by atoms with van der Waals surface area (Å²) in [6.07, 6.45) is 2.75. The number of rotatable bonds is 5. The molecule has 0 bridgehead atoms. The van der Waals surface area contributed by atoms with Crippen LogP contribution >= 0.6 is 11.6 Å². The molecule has 0 saturated carbocycles. The summed E-state index contributed by atoms with van der Waals surface area (Å²) >= 11 is 5.69. The number of aliphatic hydroxyl groups excluding tert-OH is 1. The van der Waals surface area contributed by atoms with E-state index in [1.807, 2.05) is 0 Å². The minimum absolute atomic E-state index is 0.123. The fourth-order valence-corrected chi connectivity index (χ4v) is 0.842. The van der Waals surface area contributed by atoms with Crippen molar-refractivity contribution in [2.75, 3.05) is 6.61 Å². The van der Waals surface area contributed by atoms with Gasteiger partial charge in [-0.05, 0) is 19.8 Å². The number of hydrogen-bond donors (Lipinski definition) is 1. The first-order chi connectivity index (χ1) is 5.22. The van der Waals surface area contributed by atoms with E-state index in [0.717, 1.165) is 12.8 Å². The average Bonchev–Trinajstić information content (AvgIpc) is 2.00. The van der Waals surface area contributed by atoms with Gasteiger partial charge in [0.2, 0.25) is 0 Å². The Kier molecular flexibility index (Phi) is 6.13. The Morgan fingerprint density at radius 1 is 1.45 bits per heavy atom. The van der Waals surface area contributed by atoms with Crippen molar-refractivity contribution >= 4 is 11.6 Å². The molecule has 0 aromatic rings. The van der Waals surface area contributed by atoms with Gasteiger partial charge >= 0.3 is 0 Å². The number of unbranched alkanes of at least 4 members (excludes halogenated alkanes) is 1. The summed E-state index contributed by atoms with van der Waals surface area (Å²) in [5, 5.41) is 9.49. The molecule has 3 heteroatoms. The molecule has 0 rings (SSSR count). The molecule has 0 aromatic heterocycles. The van der Waals surface area contributed by atoms with Crippen molar-refractivity contribution in [3.63, 3.8) is 0 Å². The van der Waals surface area contributed by atoms with Crippen LogP contribution in [0.4, 0.5) is 0 Å². The second-order valence-electron chi connectivity index (χ2n) is 2.25. The normalized spacial score (nSPS) is 12.6. The Morgan fingerprint density at radius 3 is 2.55 bits per heavy atom. The van der Waals surface area contributed by atoms with Crippen LogP contribution in [0.25, 0.3) is 0 Å². The Bertz CT molecular complexity index is 132. The largest absolute Gasteiger partial charge is 0.480 e. The third kappa shape index (κ3) is 4.96. The van der Waals surface area contributed by atoms with E-state index in [-0.39, 0.29) is 5.95 Å². The van der Waals surface area contributed by atoms with Gasteiger partial charge in [0, 0.05) is 0 Å². The highest BCUT2D eigenvalue weighted by molar-refractivity contribution is 6.29. The van der Waals surface area contributed by atoms with Crippen LogP contribution in [0.5, 0.6) is 0 Å². The average molecular weight is 179 g/mol. The lowest BCUT2D eigenvalue weighted by atomic mass is 10.2. The maximum absolute atomic E-state index is 9.07. The topological polar surface area (TPSA) is 29.5 Å². The molecule has 11 heavy (non-hydrogen) atoms. The smallest absolute Gasteiger partial charge is 0.291 e. The zero-order chi connectivity index (χ0) is 8.69. The number of allylic oxidation sites excluding steroid dienone is 1. The molecule has 0 aliphatic heterocycles. The minimum Gasteiger partial charge on any atom is -0.480 e. The van der Waals surface area contributed by atoms with E-state index in [2.05, 4.69) is 6.92 Å². The van der Waals surface area contributed by atoms with E-state index in [0.29, 0.717) is 18.1 Å². The van der Waals surface area contributed by atoms with Crippen LogP contribution in [0.2, 0.25) is 0 Å². The summed E-state index contributed by atoms with van der Waals surface area (Å²) in [5.41, 5.74) is 0. The van der Waals surface area contributed by atoms with Gasteiger partial charge in [0.05, 0.1) is 11.6 Å². The molecule has 0 unspecified atom stereocenters. The van der Waals surface area contributed by atoms with Gasteiger partial charge in [0.1, 0.15) is 0 Å². The quantitative estimate of drug-likeness (QED) is 0.656. The van der Waals surface area contributed by atoms with Crippen LogP contribution in [0.1, 0.15) is 33.1 Å². The van der Waals surface area contributed by atoms with Gasteiger partial charge in [0.15, 0.2) is 0 Å². The molecular formula is C8H15ClO2. The van der Waals surface area contributed by atoms with E-state index in [4.69, 9.17) is 21.4 Å². The molecule has 0 heterocycles. The first-order valence-electron chi connectivity index (χ1n) is 3.92. The third-order valence-electron chi connectivity index (χ3n) is 1.26. The van der Waals surface area contributed by atoms with Gasteiger partial charge < -0.3 is 9.84 Å². The molecule has 0 amide bonds. The summed E-state index contributed by atoms with van der Waals surface area (Å²) in [7, 11) is 0. The Labute approximate surface area is 72.8 Å². The summed E-state index contributed by atoms with van der Waals surface area (Å²) in [6.45, 7) is 4.33. The van der Waals surface area contributed by atoms with Gasteiger partial charge in [-0.1, -0.05) is 24.9 Å². The second kappa shape index (κ2) is 6.35. The zero-order valence-corrected chi connectivity index (χ0v) is 7.82. The van der Waals surface area contributed by atoms with Crippen LogP contribution in [0.3, 0.4) is 0 Å². The van der Waals surface area contributed by atoms with Crippen molar-refractivity contribution in [1.82, 2.24) is 0 Å². The lowest BCUT2D eigenvalue weighted by Crippen LogP contribution is -1.92. The van der Waals surface area contributed by atoms with Crippen molar-refractivity contribution in [3.8, 4) is 0 Å². The molecular weight excluding hydrogens is 164 g/mol. The Balaban J connectivity index is 3.73. The van der Waals surface area contributed by atoms with Crippen molar-refractivity contribution in [1.29, 1.82) is 0 Å². The molecule has 0 aliphatic carbocycles. The number of ether oxygens (including phenoxy) is 1. The van der Waals surface area contributed by atoms with E-state index in [1.54, 1.807) is 6.92 Å². The van der Waals surface area contributed by atoms with E-state index >= 15 is 0 Å². The Hall–Kier alpha value is -0.370. The molecule has 0 radical (unpaired) electrons. The van der Waals surface area contributed by atoms with Crippen LogP contribution < -0.4 is 0 Å². The zero-order valence-electron chi connectivity index (χ0n) is 7.06. The first-order valence-corrected chi connectivity index (χ1v) is 4.30. The molecule has 0 fully saturated rings. The maximum Gasteiger partial charge on any atom is 0.291 e. The lowest BCUT2D eigenvalue weighted by molar-refractivity contribution is 0.0993. The number of halogens is 1. The fourth-order valence-electron chi connectivity index (χ4n) is 0.654. The van der Waals surface area contributed by atoms with Crippen LogP contribution in [-0.2, 0) is 4.74 Å². The van der Waals surface area contributed by atoms with E-state index < -0.39 is 0 Å². The van der Waals surface area contributed by atoms with Crippen molar-refractivity contribution in [3.05, 3.63) is 11.0 Å². The highest BCUT2D eigenvalue weighted by Crippen LogP contribution is 2.15. The van der Waals surface area contributed by atoms with Crippen molar-refractivity contribution in [2.24, 2.45) is 0 Å². The molecule has 66 valence electrons. The number of aliphatic hydroxyl groups is 1. The predicted octanol–water partition coefficient (Wildman–Crippen LogP) is 3.18. The predicted molar refractivity (Wildman–Crippen MR) is 46.7 cm³/mol. The fraction of sp³-hybridized carbons (Fsp3) is 0.750. The van der Waals surface area contributed by atoms with Crippen molar-refractivity contribution < 1.29 is 9.84 Å². The standard InChI is InChI=1S/C8H15ClO2/c1-3-5-6-7(9)8(10)11-4-2/h10H,3-6H2,1-2H3/b8-7-. The van der Waals surface area contributed by atoms with E-state index in [1.165, 1.54) is 0 Å². The summed E-state index contributed by atoms with van der Waals surface area (Å²) in [6, 6.07) is 0. The molecule has 1 N–H and O–H groups in total. The number of hydrogen-bond acceptors (Lipinski definition) is 2. The molecule has 0 saturated heterocycles. The molecule has 2 nitrogen and oxygen atoms in total. The monoisotopic (exact) mass is 178 g/mol. The van der Waals surface area contributed by atoms with Gasteiger partial charge in [0.25, 0.3) is 5.95 Å². The molecule has 0 aliphatic rings. The first kappa shape index (κ1) is 10.6. The van der Waals surface area contributed by atoms with Gasteiger partial charge in [-0.15, -0.1) is 0 Å². The maximum atomic E-state index is 9.07. The summed E-state index contributed by atoms with van der Waals surface area (Å²) in [5.74, 6) is -0.123. The summed E-state index contributed by atoms with van der Waals surface area (Å²) in [4.78, 5) is 0. The highest BCUT2D eigenvalue weighted by Gasteiger charge is 2.01. The Morgan fingerprint density at radius 2 is 2.09 bits per heavy atom. The SMILES string of the molecule is CCCC/C(Cl)=C(\O)OCC. The van der Waals surface area contributed by atoms with E-state index in [9.17, 15) is 0 Å². The third-order valence-corrected chi connectivity index (χ3v) is 1.61. The van der Waals surface area contributed by atoms with Crippen LogP contribution in [0, 0.1) is 0 Å².